The number of aryl methyl sites for hydroxylation is 1. The molecular formula is C20H23N3O2S. The van der Waals surface area contributed by atoms with Crippen LogP contribution in [0.1, 0.15) is 41.2 Å². The molecule has 0 radical (unpaired) electrons. The third-order valence-electron chi connectivity index (χ3n) is 4.70. The number of likely N-dealkylation sites (N-methyl/N-ethyl adjacent to an activating group) is 1. The summed E-state index contributed by atoms with van der Waals surface area (Å²) in [5.74, 6) is -0.391. The van der Waals surface area contributed by atoms with Crippen molar-refractivity contribution in [2.24, 2.45) is 5.41 Å². The van der Waals surface area contributed by atoms with Gasteiger partial charge in [0.1, 0.15) is 0 Å². The van der Waals surface area contributed by atoms with Crippen LogP contribution in [-0.4, -0.2) is 23.8 Å². The zero-order chi connectivity index (χ0) is 18.9. The standard InChI is InChI=1S/C20H23N3O2S/c1-5-17(24)23(4)14-8-6-13(7-9-14)18(25)22-19-21-15-10-11-20(2,3)12-16(15)26-19/h5-9H,1,10-12H2,2-4H3,(H,21,22,25). The van der Waals surface area contributed by atoms with Gasteiger partial charge in [-0.15, -0.1) is 11.3 Å². The Labute approximate surface area is 157 Å². The molecule has 0 atom stereocenters. The summed E-state index contributed by atoms with van der Waals surface area (Å²) in [5.41, 5.74) is 2.65. The first kappa shape index (κ1) is 18.3. The molecule has 2 aromatic rings. The van der Waals surface area contributed by atoms with Crippen molar-refractivity contribution in [3.63, 3.8) is 0 Å². The molecule has 1 N–H and O–H groups in total. The van der Waals surface area contributed by atoms with Crippen molar-refractivity contribution in [1.82, 2.24) is 4.98 Å². The van der Waals surface area contributed by atoms with Gasteiger partial charge in [-0.3, -0.25) is 14.9 Å². The molecule has 1 aliphatic rings. The number of nitrogens with zero attached hydrogens (tertiary/aromatic N) is 2. The summed E-state index contributed by atoms with van der Waals surface area (Å²) >= 11 is 1.57. The highest BCUT2D eigenvalue weighted by Gasteiger charge is 2.28. The summed E-state index contributed by atoms with van der Waals surface area (Å²) in [6.45, 7) is 8.01. The third-order valence-corrected chi connectivity index (χ3v) is 5.71. The average molecular weight is 369 g/mol. The Bertz CT molecular complexity index is 852. The molecular weight excluding hydrogens is 346 g/mol. The van der Waals surface area contributed by atoms with E-state index in [2.05, 4.69) is 30.7 Å². The van der Waals surface area contributed by atoms with Crippen LogP contribution in [0.25, 0.3) is 0 Å². The molecule has 2 amide bonds. The van der Waals surface area contributed by atoms with Crippen LogP contribution < -0.4 is 10.2 Å². The van der Waals surface area contributed by atoms with E-state index in [9.17, 15) is 9.59 Å². The number of carbonyl (C=O) groups excluding carboxylic acids is 2. The Hall–Kier alpha value is -2.47. The van der Waals surface area contributed by atoms with Crippen LogP contribution in [0.2, 0.25) is 0 Å². The van der Waals surface area contributed by atoms with Gasteiger partial charge in [-0.25, -0.2) is 4.98 Å². The Balaban J connectivity index is 1.70. The quantitative estimate of drug-likeness (QED) is 0.827. The Morgan fingerprint density at radius 2 is 2.00 bits per heavy atom. The Morgan fingerprint density at radius 3 is 2.65 bits per heavy atom. The summed E-state index contributed by atoms with van der Waals surface area (Å²) in [5, 5.41) is 3.55. The number of anilines is 2. The van der Waals surface area contributed by atoms with Crippen molar-refractivity contribution in [1.29, 1.82) is 0 Å². The molecule has 0 saturated heterocycles. The average Bonchev–Trinajstić information content (AvgIpc) is 3.00. The Kier molecular flexibility index (Phi) is 4.96. The maximum Gasteiger partial charge on any atom is 0.257 e. The molecule has 1 aromatic heterocycles. The SMILES string of the molecule is C=CC(=O)N(C)c1ccc(C(=O)Nc2nc3c(s2)CC(C)(C)CC3)cc1. The van der Waals surface area contributed by atoms with E-state index >= 15 is 0 Å². The number of nitrogens with one attached hydrogen (secondary N) is 1. The number of hydrogen-bond acceptors (Lipinski definition) is 4. The third kappa shape index (κ3) is 3.85. The fourth-order valence-electron chi connectivity index (χ4n) is 3.02. The highest BCUT2D eigenvalue weighted by atomic mass is 32.1. The minimum Gasteiger partial charge on any atom is -0.312 e. The largest absolute Gasteiger partial charge is 0.312 e. The zero-order valence-corrected chi connectivity index (χ0v) is 16.2. The van der Waals surface area contributed by atoms with Gasteiger partial charge in [-0.2, -0.15) is 0 Å². The molecule has 1 aliphatic carbocycles. The number of carbonyl (C=O) groups is 2. The van der Waals surface area contributed by atoms with Crippen LogP contribution in [0, 0.1) is 5.41 Å². The topological polar surface area (TPSA) is 62.3 Å². The predicted octanol–water partition coefficient (Wildman–Crippen LogP) is 4.06. The van der Waals surface area contributed by atoms with Crippen LogP contribution in [0.4, 0.5) is 10.8 Å². The minimum atomic E-state index is -0.196. The second-order valence-corrected chi connectivity index (χ2v) is 8.42. The van der Waals surface area contributed by atoms with E-state index in [1.165, 1.54) is 15.9 Å². The van der Waals surface area contributed by atoms with Crippen molar-refractivity contribution in [2.75, 3.05) is 17.3 Å². The van der Waals surface area contributed by atoms with Crippen LogP contribution in [0.15, 0.2) is 36.9 Å². The lowest BCUT2D eigenvalue weighted by Gasteiger charge is -2.28. The smallest absolute Gasteiger partial charge is 0.257 e. The number of rotatable bonds is 4. The summed E-state index contributed by atoms with van der Waals surface area (Å²) in [4.78, 5) is 31.5. The van der Waals surface area contributed by atoms with Crippen LogP contribution in [0.3, 0.4) is 0 Å². The first-order valence-corrected chi connectivity index (χ1v) is 9.41. The van der Waals surface area contributed by atoms with Crippen molar-refractivity contribution in [3.05, 3.63) is 53.1 Å². The molecule has 3 rings (SSSR count). The summed E-state index contributed by atoms with van der Waals surface area (Å²) in [6, 6.07) is 6.89. The minimum absolute atomic E-state index is 0.195. The summed E-state index contributed by atoms with van der Waals surface area (Å²) in [6.07, 6.45) is 4.35. The van der Waals surface area contributed by atoms with Crippen molar-refractivity contribution in [3.8, 4) is 0 Å². The van der Waals surface area contributed by atoms with Gasteiger partial charge in [-0.1, -0.05) is 20.4 Å². The summed E-state index contributed by atoms with van der Waals surface area (Å²) in [7, 11) is 1.67. The van der Waals surface area contributed by atoms with Crippen molar-refractivity contribution >= 4 is 34.0 Å². The van der Waals surface area contributed by atoms with Gasteiger partial charge in [0.15, 0.2) is 5.13 Å². The van der Waals surface area contributed by atoms with E-state index < -0.39 is 0 Å². The fourth-order valence-corrected chi connectivity index (χ4v) is 4.28. The van der Waals surface area contributed by atoms with E-state index in [-0.39, 0.29) is 11.8 Å². The first-order valence-electron chi connectivity index (χ1n) is 8.59. The fraction of sp³-hybridized carbons (Fsp3) is 0.350. The number of thiazole rings is 1. The molecule has 0 fully saturated rings. The first-order chi connectivity index (χ1) is 12.3. The van der Waals surface area contributed by atoms with Gasteiger partial charge >= 0.3 is 0 Å². The molecule has 5 nitrogen and oxygen atoms in total. The second kappa shape index (κ2) is 7.03. The molecule has 0 spiro atoms. The number of benzene rings is 1. The number of aromatic nitrogens is 1. The molecule has 0 aliphatic heterocycles. The maximum absolute atomic E-state index is 12.5. The highest BCUT2D eigenvalue weighted by molar-refractivity contribution is 7.15. The lowest BCUT2D eigenvalue weighted by molar-refractivity contribution is -0.113. The van der Waals surface area contributed by atoms with E-state index in [1.807, 2.05) is 0 Å². The van der Waals surface area contributed by atoms with Crippen molar-refractivity contribution < 1.29 is 9.59 Å². The number of hydrogen-bond donors (Lipinski definition) is 1. The van der Waals surface area contributed by atoms with E-state index in [1.54, 1.807) is 42.6 Å². The van der Waals surface area contributed by atoms with Gasteiger partial charge in [0.05, 0.1) is 5.69 Å². The van der Waals surface area contributed by atoms with Gasteiger partial charge in [0, 0.05) is 23.2 Å². The second-order valence-electron chi connectivity index (χ2n) is 7.33. The van der Waals surface area contributed by atoms with Gasteiger partial charge in [-0.05, 0) is 55.0 Å². The number of amides is 2. The van der Waals surface area contributed by atoms with Gasteiger partial charge in [0.25, 0.3) is 5.91 Å². The number of fused-ring (bicyclic) bond motifs is 1. The zero-order valence-electron chi connectivity index (χ0n) is 15.3. The summed E-state index contributed by atoms with van der Waals surface area (Å²) < 4.78 is 0. The van der Waals surface area contributed by atoms with Crippen LogP contribution >= 0.6 is 11.3 Å². The van der Waals surface area contributed by atoms with Gasteiger partial charge < -0.3 is 4.90 Å². The van der Waals surface area contributed by atoms with E-state index in [0.717, 1.165) is 25.0 Å². The molecule has 136 valence electrons. The van der Waals surface area contributed by atoms with Crippen molar-refractivity contribution in [2.45, 2.75) is 33.1 Å². The predicted molar refractivity (Wildman–Crippen MR) is 106 cm³/mol. The molecule has 0 saturated carbocycles. The van der Waals surface area contributed by atoms with Crippen LogP contribution in [0.5, 0.6) is 0 Å². The maximum atomic E-state index is 12.5. The van der Waals surface area contributed by atoms with E-state index in [4.69, 9.17) is 0 Å². The molecule has 26 heavy (non-hydrogen) atoms. The molecule has 0 unspecified atom stereocenters. The lowest BCUT2D eigenvalue weighted by Crippen LogP contribution is -2.23. The van der Waals surface area contributed by atoms with E-state index in [0.29, 0.717) is 21.8 Å². The monoisotopic (exact) mass is 369 g/mol. The Morgan fingerprint density at radius 1 is 1.31 bits per heavy atom. The normalized spacial score (nSPS) is 15.0. The molecule has 1 aromatic carbocycles. The molecule has 0 bridgehead atoms. The van der Waals surface area contributed by atoms with Gasteiger partial charge in [0.2, 0.25) is 5.91 Å². The highest BCUT2D eigenvalue weighted by Crippen LogP contribution is 2.38. The molecule has 1 heterocycles. The molecule has 6 heteroatoms. The van der Waals surface area contributed by atoms with Crippen LogP contribution in [-0.2, 0) is 17.6 Å². The lowest BCUT2D eigenvalue weighted by atomic mass is 9.79.